The number of nitrogens with one attached hydrogen (secondary N) is 2. The highest BCUT2D eigenvalue weighted by atomic mass is 32.2. The lowest BCUT2D eigenvalue weighted by atomic mass is 10.2. The van der Waals surface area contributed by atoms with E-state index in [1.807, 2.05) is 31.2 Å². The fourth-order valence-electron chi connectivity index (χ4n) is 2.25. The minimum Gasteiger partial charge on any atom is -0.493 e. The molecule has 3 rings (SSSR count). The van der Waals surface area contributed by atoms with Crippen LogP contribution in [0.1, 0.15) is 6.92 Å². The molecule has 0 aliphatic heterocycles. The number of carbonyl (C=O) groups excluding carboxylic acids is 1. The number of thioether (sulfide) groups is 1. The van der Waals surface area contributed by atoms with Crippen LogP contribution in [-0.4, -0.2) is 33.4 Å². The molecule has 0 atom stereocenters. The normalized spacial score (nSPS) is 10.5. The van der Waals surface area contributed by atoms with Gasteiger partial charge in [0.05, 0.1) is 23.6 Å². The summed E-state index contributed by atoms with van der Waals surface area (Å²) >= 11 is 1.16. The Morgan fingerprint density at radius 2 is 2.00 bits per heavy atom. The standard InChI is InChI=1S/C18H17FN4O2S/c1-2-25-15-10-6-3-7-12(15)17-21-18(23-22-17)26-11-16(24)20-14-9-5-4-8-13(14)19/h3-10H,2,11H2,1H3,(H,20,24)(H,21,22,23). The highest BCUT2D eigenvalue weighted by molar-refractivity contribution is 7.99. The van der Waals surface area contributed by atoms with Gasteiger partial charge >= 0.3 is 0 Å². The van der Waals surface area contributed by atoms with Gasteiger partial charge in [0.25, 0.3) is 0 Å². The quantitative estimate of drug-likeness (QED) is 0.618. The Bertz CT molecular complexity index is 900. The van der Waals surface area contributed by atoms with Crippen LogP contribution in [0.15, 0.2) is 53.7 Å². The highest BCUT2D eigenvalue weighted by Gasteiger charge is 2.13. The molecule has 0 spiro atoms. The number of amides is 1. The third-order valence-electron chi connectivity index (χ3n) is 3.39. The number of para-hydroxylation sites is 2. The molecule has 1 aromatic heterocycles. The minimum absolute atomic E-state index is 0.0682. The predicted molar refractivity (Wildman–Crippen MR) is 98.7 cm³/mol. The molecule has 6 nitrogen and oxygen atoms in total. The van der Waals surface area contributed by atoms with Gasteiger partial charge < -0.3 is 10.1 Å². The fourth-order valence-corrected chi connectivity index (χ4v) is 2.85. The van der Waals surface area contributed by atoms with Crippen molar-refractivity contribution in [3.8, 4) is 17.1 Å². The van der Waals surface area contributed by atoms with Gasteiger partial charge in [-0.3, -0.25) is 9.89 Å². The molecule has 0 saturated carbocycles. The van der Waals surface area contributed by atoms with Gasteiger partial charge in [-0.2, -0.15) is 0 Å². The zero-order chi connectivity index (χ0) is 18.4. The lowest BCUT2D eigenvalue weighted by Gasteiger charge is -2.06. The number of aromatic amines is 1. The van der Waals surface area contributed by atoms with Crippen LogP contribution >= 0.6 is 11.8 Å². The highest BCUT2D eigenvalue weighted by Crippen LogP contribution is 2.28. The first-order valence-corrected chi connectivity index (χ1v) is 8.97. The number of aromatic nitrogens is 3. The lowest BCUT2D eigenvalue weighted by Crippen LogP contribution is -2.15. The Morgan fingerprint density at radius 3 is 2.81 bits per heavy atom. The number of halogens is 1. The van der Waals surface area contributed by atoms with E-state index in [1.165, 1.54) is 12.1 Å². The number of benzene rings is 2. The molecule has 2 N–H and O–H groups in total. The molecule has 0 aliphatic carbocycles. The van der Waals surface area contributed by atoms with E-state index in [1.54, 1.807) is 12.1 Å². The van der Waals surface area contributed by atoms with E-state index >= 15 is 0 Å². The van der Waals surface area contributed by atoms with Crippen molar-refractivity contribution in [2.75, 3.05) is 17.7 Å². The maximum atomic E-state index is 13.5. The molecule has 8 heteroatoms. The number of carbonyl (C=O) groups is 1. The van der Waals surface area contributed by atoms with Crippen molar-refractivity contribution in [1.29, 1.82) is 0 Å². The molecule has 0 aliphatic rings. The first-order valence-electron chi connectivity index (χ1n) is 7.99. The Hall–Kier alpha value is -2.87. The van der Waals surface area contributed by atoms with Gasteiger partial charge in [0.15, 0.2) is 5.82 Å². The first kappa shape index (κ1) is 17.9. The largest absolute Gasteiger partial charge is 0.493 e. The van der Waals surface area contributed by atoms with Gasteiger partial charge in [-0.1, -0.05) is 36.0 Å². The summed E-state index contributed by atoms with van der Waals surface area (Å²) in [5.41, 5.74) is 0.948. The molecule has 0 bridgehead atoms. The molecular formula is C18H17FN4O2S. The van der Waals surface area contributed by atoms with Gasteiger partial charge in [-0.05, 0) is 31.2 Å². The maximum absolute atomic E-state index is 13.5. The smallest absolute Gasteiger partial charge is 0.234 e. The van der Waals surface area contributed by atoms with E-state index in [0.29, 0.717) is 23.3 Å². The molecule has 0 saturated heterocycles. The van der Waals surface area contributed by atoms with Crippen LogP contribution in [0.4, 0.5) is 10.1 Å². The number of nitrogens with zero attached hydrogens (tertiary/aromatic N) is 2. The third kappa shape index (κ3) is 4.40. The number of ether oxygens (including phenoxy) is 1. The van der Waals surface area contributed by atoms with Crippen LogP contribution in [0.3, 0.4) is 0 Å². The van der Waals surface area contributed by atoms with Crippen molar-refractivity contribution in [3.05, 3.63) is 54.3 Å². The van der Waals surface area contributed by atoms with E-state index in [2.05, 4.69) is 20.5 Å². The van der Waals surface area contributed by atoms with E-state index in [-0.39, 0.29) is 17.3 Å². The monoisotopic (exact) mass is 372 g/mol. The second kappa shape index (κ2) is 8.48. The predicted octanol–water partition coefficient (Wildman–Crippen LogP) is 3.74. The molecule has 0 radical (unpaired) electrons. The Kier molecular flexibility index (Phi) is 5.85. The number of rotatable bonds is 7. The van der Waals surface area contributed by atoms with Crippen LogP contribution in [0.2, 0.25) is 0 Å². The van der Waals surface area contributed by atoms with E-state index < -0.39 is 5.82 Å². The van der Waals surface area contributed by atoms with Crippen LogP contribution in [0.5, 0.6) is 5.75 Å². The average molecular weight is 372 g/mol. The summed E-state index contributed by atoms with van der Waals surface area (Å²) in [4.78, 5) is 16.4. The molecule has 3 aromatic rings. The van der Waals surface area contributed by atoms with E-state index in [9.17, 15) is 9.18 Å². The molecule has 0 fully saturated rings. The Balaban J connectivity index is 1.62. The summed E-state index contributed by atoms with van der Waals surface area (Å²) in [6.07, 6.45) is 0. The van der Waals surface area contributed by atoms with Gasteiger partial charge in [0.1, 0.15) is 11.6 Å². The summed E-state index contributed by atoms with van der Waals surface area (Å²) in [7, 11) is 0. The van der Waals surface area contributed by atoms with Gasteiger partial charge in [0, 0.05) is 0 Å². The summed E-state index contributed by atoms with van der Waals surface area (Å²) in [6.45, 7) is 2.45. The van der Waals surface area contributed by atoms with Crippen LogP contribution in [0, 0.1) is 5.82 Å². The maximum Gasteiger partial charge on any atom is 0.234 e. The number of hydrogen-bond acceptors (Lipinski definition) is 5. The number of H-pyrrole nitrogens is 1. The number of hydrogen-bond donors (Lipinski definition) is 2. The summed E-state index contributed by atoms with van der Waals surface area (Å²) in [5, 5.41) is 9.91. The Morgan fingerprint density at radius 1 is 1.23 bits per heavy atom. The summed E-state index contributed by atoms with van der Waals surface area (Å²) < 4.78 is 19.1. The average Bonchev–Trinajstić information content (AvgIpc) is 3.12. The topological polar surface area (TPSA) is 79.9 Å². The zero-order valence-electron chi connectivity index (χ0n) is 14.0. The SMILES string of the molecule is CCOc1ccccc1-c1nc(SCC(=O)Nc2ccccc2F)n[nH]1. The third-order valence-corrected chi connectivity index (χ3v) is 4.23. The fraction of sp³-hybridized carbons (Fsp3) is 0.167. The second-order valence-corrected chi connectivity index (χ2v) is 6.15. The van der Waals surface area contributed by atoms with Crippen molar-refractivity contribution in [3.63, 3.8) is 0 Å². The van der Waals surface area contributed by atoms with Gasteiger partial charge in [-0.15, -0.1) is 5.10 Å². The summed E-state index contributed by atoms with van der Waals surface area (Å²) in [5.74, 6) is 0.532. The molecule has 26 heavy (non-hydrogen) atoms. The molecule has 1 heterocycles. The first-order chi connectivity index (χ1) is 12.7. The van der Waals surface area contributed by atoms with E-state index in [0.717, 1.165) is 17.3 Å². The number of anilines is 1. The van der Waals surface area contributed by atoms with Gasteiger partial charge in [0.2, 0.25) is 11.1 Å². The van der Waals surface area contributed by atoms with Crippen LogP contribution in [0.25, 0.3) is 11.4 Å². The summed E-state index contributed by atoms with van der Waals surface area (Å²) in [6, 6.07) is 13.5. The van der Waals surface area contributed by atoms with Crippen LogP contribution < -0.4 is 10.1 Å². The van der Waals surface area contributed by atoms with Crippen LogP contribution in [-0.2, 0) is 4.79 Å². The molecule has 134 valence electrons. The minimum atomic E-state index is -0.474. The second-order valence-electron chi connectivity index (χ2n) is 5.21. The van der Waals surface area contributed by atoms with Crippen molar-refractivity contribution in [2.24, 2.45) is 0 Å². The molecular weight excluding hydrogens is 355 g/mol. The Labute approximate surface area is 154 Å². The molecule has 0 unspecified atom stereocenters. The molecule has 2 aromatic carbocycles. The van der Waals surface area contributed by atoms with Crippen molar-refractivity contribution >= 4 is 23.4 Å². The van der Waals surface area contributed by atoms with Crippen molar-refractivity contribution in [1.82, 2.24) is 15.2 Å². The zero-order valence-corrected chi connectivity index (χ0v) is 14.8. The van der Waals surface area contributed by atoms with Crippen molar-refractivity contribution < 1.29 is 13.9 Å². The van der Waals surface area contributed by atoms with E-state index in [4.69, 9.17) is 4.74 Å². The molecule has 1 amide bonds. The lowest BCUT2D eigenvalue weighted by molar-refractivity contribution is -0.113. The van der Waals surface area contributed by atoms with Crippen molar-refractivity contribution in [2.45, 2.75) is 12.1 Å². The van der Waals surface area contributed by atoms with Gasteiger partial charge in [-0.25, -0.2) is 9.37 Å².